The normalized spacial score (nSPS) is 15.6. The number of benzene rings is 3. The van der Waals surface area contributed by atoms with Crippen molar-refractivity contribution in [1.82, 2.24) is 15.1 Å². The molecular formula is C27H24F4N4O3. The van der Waals surface area contributed by atoms with E-state index in [2.05, 4.69) is 10.6 Å². The first-order chi connectivity index (χ1) is 18.1. The van der Waals surface area contributed by atoms with Gasteiger partial charge in [0.15, 0.2) is 0 Å². The lowest BCUT2D eigenvalue weighted by atomic mass is 10.1. The van der Waals surface area contributed by atoms with E-state index in [0.717, 1.165) is 23.8 Å². The van der Waals surface area contributed by atoms with Gasteiger partial charge in [-0.25, -0.2) is 9.18 Å². The molecule has 4 amide bonds. The van der Waals surface area contributed by atoms with Gasteiger partial charge in [0.2, 0.25) is 5.91 Å². The first kappa shape index (κ1) is 26.6. The molecule has 198 valence electrons. The first-order valence-corrected chi connectivity index (χ1v) is 11.7. The Morgan fingerprint density at radius 2 is 1.61 bits per heavy atom. The van der Waals surface area contributed by atoms with Crippen molar-refractivity contribution in [2.24, 2.45) is 0 Å². The van der Waals surface area contributed by atoms with E-state index in [4.69, 9.17) is 0 Å². The molecule has 1 unspecified atom stereocenters. The number of nitrogens with one attached hydrogen (secondary N) is 2. The summed E-state index contributed by atoms with van der Waals surface area (Å²) in [4.78, 5) is 41.9. The third-order valence-corrected chi connectivity index (χ3v) is 6.07. The number of piperazine rings is 1. The van der Waals surface area contributed by atoms with Gasteiger partial charge in [-0.1, -0.05) is 36.4 Å². The molecule has 4 rings (SSSR count). The molecule has 38 heavy (non-hydrogen) atoms. The van der Waals surface area contributed by atoms with Gasteiger partial charge in [0.05, 0.1) is 12.1 Å². The number of carbonyl (C=O) groups excluding carboxylic acids is 3. The van der Waals surface area contributed by atoms with Gasteiger partial charge in [0.1, 0.15) is 11.9 Å². The molecule has 0 radical (unpaired) electrons. The lowest BCUT2D eigenvalue weighted by molar-refractivity contribution is -0.137. The van der Waals surface area contributed by atoms with Crippen LogP contribution in [0, 0.1) is 5.82 Å². The Balaban J connectivity index is 1.54. The van der Waals surface area contributed by atoms with Crippen molar-refractivity contribution in [3.05, 3.63) is 101 Å². The Bertz CT molecular complexity index is 1300. The van der Waals surface area contributed by atoms with Gasteiger partial charge in [0.25, 0.3) is 5.91 Å². The summed E-state index contributed by atoms with van der Waals surface area (Å²) in [5.41, 5.74) is -0.0575. The fourth-order valence-corrected chi connectivity index (χ4v) is 4.07. The molecule has 1 heterocycles. The van der Waals surface area contributed by atoms with Crippen LogP contribution in [0.15, 0.2) is 78.9 Å². The topological polar surface area (TPSA) is 81.8 Å². The van der Waals surface area contributed by atoms with E-state index in [-0.39, 0.29) is 31.7 Å². The Kier molecular flexibility index (Phi) is 7.94. The maximum Gasteiger partial charge on any atom is 0.416 e. The molecular weight excluding hydrogens is 504 g/mol. The van der Waals surface area contributed by atoms with Crippen molar-refractivity contribution < 1.29 is 31.9 Å². The molecule has 1 saturated heterocycles. The average Bonchev–Trinajstić information content (AvgIpc) is 2.92. The third kappa shape index (κ3) is 6.47. The first-order valence-electron chi connectivity index (χ1n) is 11.7. The minimum atomic E-state index is -4.64. The number of amides is 4. The van der Waals surface area contributed by atoms with Gasteiger partial charge in [-0.3, -0.25) is 9.59 Å². The van der Waals surface area contributed by atoms with Crippen LogP contribution in [0.5, 0.6) is 0 Å². The second-order valence-electron chi connectivity index (χ2n) is 8.68. The van der Waals surface area contributed by atoms with E-state index < -0.39 is 41.4 Å². The summed E-state index contributed by atoms with van der Waals surface area (Å²) >= 11 is 0. The number of rotatable bonds is 5. The fraction of sp³-hybridized carbons (Fsp3) is 0.222. The monoisotopic (exact) mass is 528 g/mol. The van der Waals surface area contributed by atoms with Crippen LogP contribution in [0.4, 0.5) is 28.0 Å². The maximum atomic E-state index is 13.3. The summed E-state index contributed by atoms with van der Waals surface area (Å²) in [5.74, 6) is -1.79. The second kappa shape index (κ2) is 11.3. The van der Waals surface area contributed by atoms with E-state index in [1.54, 1.807) is 24.3 Å². The molecule has 0 spiro atoms. The number of hydrogen-bond acceptors (Lipinski definition) is 3. The molecule has 0 bridgehead atoms. The van der Waals surface area contributed by atoms with Crippen molar-refractivity contribution in [3.63, 3.8) is 0 Å². The molecule has 1 atom stereocenters. The standard InChI is InChI=1S/C27H24F4N4O3/c28-21-9-11-22(12-10-21)33-26(38)34-13-14-35(25(37)19-7-4-8-20(15-19)27(29,30)31)23(17-34)24(36)32-16-18-5-2-1-3-6-18/h1-12,15,23H,13-14,16-17H2,(H,32,36)(H,33,38). The van der Waals surface area contributed by atoms with Crippen molar-refractivity contribution in [1.29, 1.82) is 0 Å². The van der Waals surface area contributed by atoms with Crippen LogP contribution in [-0.2, 0) is 17.5 Å². The molecule has 1 fully saturated rings. The van der Waals surface area contributed by atoms with Crippen LogP contribution in [0.25, 0.3) is 0 Å². The zero-order valence-corrected chi connectivity index (χ0v) is 20.0. The van der Waals surface area contributed by atoms with E-state index in [1.807, 2.05) is 6.07 Å². The molecule has 0 aliphatic carbocycles. The molecule has 2 N–H and O–H groups in total. The van der Waals surface area contributed by atoms with Crippen molar-refractivity contribution in [3.8, 4) is 0 Å². The van der Waals surface area contributed by atoms with Crippen molar-refractivity contribution in [2.45, 2.75) is 18.8 Å². The quantitative estimate of drug-likeness (QED) is 0.478. The van der Waals surface area contributed by atoms with Gasteiger partial charge in [0, 0.05) is 30.9 Å². The Morgan fingerprint density at radius 3 is 2.29 bits per heavy atom. The molecule has 3 aromatic rings. The maximum absolute atomic E-state index is 13.3. The lowest BCUT2D eigenvalue weighted by Gasteiger charge is -2.40. The molecule has 11 heteroatoms. The van der Waals surface area contributed by atoms with E-state index in [0.29, 0.717) is 5.69 Å². The number of hydrogen-bond donors (Lipinski definition) is 2. The molecule has 0 aromatic heterocycles. The van der Waals surface area contributed by atoms with Gasteiger partial charge in [-0.2, -0.15) is 13.2 Å². The summed E-state index contributed by atoms with van der Waals surface area (Å²) in [6.45, 7) is -0.0998. The predicted molar refractivity (Wildman–Crippen MR) is 132 cm³/mol. The summed E-state index contributed by atoms with van der Waals surface area (Å²) < 4.78 is 52.9. The smallest absolute Gasteiger partial charge is 0.350 e. The van der Waals surface area contributed by atoms with Gasteiger partial charge in [-0.15, -0.1) is 0 Å². The zero-order valence-electron chi connectivity index (χ0n) is 20.0. The SMILES string of the molecule is O=C(NCc1ccccc1)C1CN(C(=O)Nc2ccc(F)cc2)CCN1C(=O)c1cccc(C(F)(F)F)c1. The molecule has 0 saturated carbocycles. The van der Waals surface area contributed by atoms with Crippen LogP contribution in [-0.4, -0.2) is 53.3 Å². The van der Waals surface area contributed by atoms with E-state index >= 15 is 0 Å². The van der Waals surface area contributed by atoms with Gasteiger partial charge < -0.3 is 20.4 Å². The number of carbonyl (C=O) groups is 3. The van der Waals surface area contributed by atoms with Gasteiger partial charge >= 0.3 is 12.2 Å². The highest BCUT2D eigenvalue weighted by atomic mass is 19.4. The van der Waals surface area contributed by atoms with Crippen molar-refractivity contribution in [2.75, 3.05) is 25.0 Å². The van der Waals surface area contributed by atoms with Crippen LogP contribution in [0.2, 0.25) is 0 Å². The van der Waals surface area contributed by atoms with Crippen LogP contribution >= 0.6 is 0 Å². The fourth-order valence-electron chi connectivity index (χ4n) is 4.07. The summed E-state index contributed by atoms with van der Waals surface area (Å²) in [5, 5.41) is 5.36. The Morgan fingerprint density at radius 1 is 0.895 bits per heavy atom. The summed E-state index contributed by atoms with van der Waals surface area (Å²) in [6.07, 6.45) is -4.64. The number of halogens is 4. The van der Waals surface area contributed by atoms with Gasteiger partial charge in [-0.05, 0) is 48.0 Å². The van der Waals surface area contributed by atoms with Crippen molar-refractivity contribution >= 4 is 23.5 Å². The van der Waals surface area contributed by atoms with Crippen LogP contribution < -0.4 is 10.6 Å². The lowest BCUT2D eigenvalue weighted by Crippen LogP contribution is -2.62. The third-order valence-electron chi connectivity index (χ3n) is 6.07. The highest BCUT2D eigenvalue weighted by molar-refractivity contribution is 5.98. The van der Waals surface area contributed by atoms with Crippen LogP contribution in [0.1, 0.15) is 21.5 Å². The van der Waals surface area contributed by atoms with E-state index in [9.17, 15) is 31.9 Å². The summed E-state index contributed by atoms with van der Waals surface area (Å²) in [6, 6.07) is 16.4. The molecule has 3 aromatic carbocycles. The average molecular weight is 529 g/mol. The largest absolute Gasteiger partial charge is 0.416 e. The number of anilines is 1. The van der Waals surface area contributed by atoms with E-state index in [1.165, 1.54) is 40.1 Å². The molecule has 1 aliphatic rings. The Hall–Kier alpha value is -4.41. The molecule has 7 nitrogen and oxygen atoms in total. The number of nitrogens with zero attached hydrogens (tertiary/aromatic N) is 2. The highest BCUT2D eigenvalue weighted by Gasteiger charge is 2.38. The summed E-state index contributed by atoms with van der Waals surface area (Å²) in [7, 11) is 0. The molecule has 1 aliphatic heterocycles. The number of urea groups is 1. The minimum absolute atomic E-state index is 0.0280. The van der Waals surface area contributed by atoms with Crippen LogP contribution in [0.3, 0.4) is 0 Å². The zero-order chi connectivity index (χ0) is 27.3. The Labute approximate surface area is 216 Å². The highest BCUT2D eigenvalue weighted by Crippen LogP contribution is 2.30. The minimum Gasteiger partial charge on any atom is -0.350 e. The second-order valence-corrected chi connectivity index (χ2v) is 8.68. The number of alkyl halides is 3. The predicted octanol–water partition coefficient (Wildman–Crippen LogP) is 4.52.